The molecular weight excluding hydrogens is 166 g/mol. The van der Waals surface area contributed by atoms with Gasteiger partial charge in [-0.3, -0.25) is 9.69 Å². The molecule has 1 heterocycles. The number of rotatable bonds is 4. The molecule has 3 heteroatoms. The standard InChI is InChI=1S/C10H19NO2/c1-3-9(6-10(12)13)11-5-4-8(2)7-11/h8-9H,3-7H2,1-2H3,(H,12,13). The van der Waals surface area contributed by atoms with Crippen LogP contribution in [0.3, 0.4) is 0 Å². The van der Waals surface area contributed by atoms with Crippen LogP contribution in [0.25, 0.3) is 0 Å². The van der Waals surface area contributed by atoms with E-state index in [1.165, 1.54) is 6.42 Å². The molecule has 1 saturated heterocycles. The topological polar surface area (TPSA) is 40.5 Å². The third-order valence-electron chi connectivity index (χ3n) is 2.85. The van der Waals surface area contributed by atoms with Crippen molar-refractivity contribution in [2.45, 2.75) is 39.2 Å². The van der Waals surface area contributed by atoms with E-state index in [2.05, 4.69) is 18.7 Å². The number of carboxylic acids is 1. The van der Waals surface area contributed by atoms with Crippen molar-refractivity contribution in [3.63, 3.8) is 0 Å². The first-order chi connectivity index (χ1) is 6.13. The van der Waals surface area contributed by atoms with Gasteiger partial charge in [0, 0.05) is 12.6 Å². The Kier molecular flexibility index (Phi) is 3.72. The van der Waals surface area contributed by atoms with Crippen LogP contribution in [0.2, 0.25) is 0 Å². The summed E-state index contributed by atoms with van der Waals surface area (Å²) in [6.45, 7) is 6.45. The van der Waals surface area contributed by atoms with E-state index < -0.39 is 5.97 Å². The Hall–Kier alpha value is -0.570. The highest BCUT2D eigenvalue weighted by molar-refractivity contribution is 5.67. The third-order valence-corrected chi connectivity index (χ3v) is 2.85. The molecule has 1 aliphatic rings. The second kappa shape index (κ2) is 4.61. The van der Waals surface area contributed by atoms with Crippen molar-refractivity contribution in [2.24, 2.45) is 5.92 Å². The van der Waals surface area contributed by atoms with Crippen molar-refractivity contribution < 1.29 is 9.90 Å². The molecule has 1 fully saturated rings. The molecule has 0 aromatic rings. The molecule has 1 rings (SSSR count). The normalized spacial score (nSPS) is 26.2. The van der Waals surface area contributed by atoms with Crippen molar-refractivity contribution >= 4 is 5.97 Å². The van der Waals surface area contributed by atoms with Gasteiger partial charge in [0.1, 0.15) is 0 Å². The summed E-state index contributed by atoms with van der Waals surface area (Å²) in [5.74, 6) is 0.0641. The fourth-order valence-corrected chi connectivity index (χ4v) is 2.03. The lowest BCUT2D eigenvalue weighted by atomic mass is 10.1. The van der Waals surface area contributed by atoms with Crippen LogP contribution in [-0.4, -0.2) is 35.1 Å². The summed E-state index contributed by atoms with van der Waals surface area (Å²) >= 11 is 0. The number of hydrogen-bond acceptors (Lipinski definition) is 2. The van der Waals surface area contributed by atoms with Crippen LogP contribution in [0.15, 0.2) is 0 Å². The molecule has 0 saturated carbocycles. The smallest absolute Gasteiger partial charge is 0.304 e. The molecule has 1 N–H and O–H groups in total. The van der Waals surface area contributed by atoms with Crippen LogP contribution in [0.4, 0.5) is 0 Å². The predicted octanol–water partition coefficient (Wildman–Crippen LogP) is 1.58. The SMILES string of the molecule is CCC(CC(=O)O)N1CCC(C)C1. The molecule has 13 heavy (non-hydrogen) atoms. The second-order valence-corrected chi connectivity index (χ2v) is 4.05. The van der Waals surface area contributed by atoms with Gasteiger partial charge < -0.3 is 5.11 Å². The summed E-state index contributed by atoms with van der Waals surface area (Å²) in [4.78, 5) is 12.9. The van der Waals surface area contributed by atoms with Crippen LogP contribution < -0.4 is 0 Å². The fourth-order valence-electron chi connectivity index (χ4n) is 2.03. The Bertz CT molecular complexity index is 182. The molecule has 2 unspecified atom stereocenters. The molecule has 0 bridgehead atoms. The van der Waals surface area contributed by atoms with Crippen molar-refractivity contribution in [3.8, 4) is 0 Å². The molecule has 2 atom stereocenters. The molecule has 0 amide bonds. The Balaban J connectivity index is 2.42. The maximum atomic E-state index is 10.6. The molecule has 0 spiro atoms. The third kappa shape index (κ3) is 2.99. The van der Waals surface area contributed by atoms with Gasteiger partial charge in [0.2, 0.25) is 0 Å². The van der Waals surface area contributed by atoms with Gasteiger partial charge >= 0.3 is 5.97 Å². The number of carbonyl (C=O) groups is 1. The van der Waals surface area contributed by atoms with Gasteiger partial charge in [0.15, 0.2) is 0 Å². The minimum atomic E-state index is -0.675. The van der Waals surface area contributed by atoms with Crippen molar-refractivity contribution in [2.75, 3.05) is 13.1 Å². The van der Waals surface area contributed by atoms with Crippen LogP contribution in [0.1, 0.15) is 33.1 Å². The largest absolute Gasteiger partial charge is 0.481 e. The fraction of sp³-hybridized carbons (Fsp3) is 0.900. The van der Waals surface area contributed by atoms with Gasteiger partial charge in [-0.15, -0.1) is 0 Å². The molecule has 0 radical (unpaired) electrons. The van der Waals surface area contributed by atoms with Gasteiger partial charge in [-0.25, -0.2) is 0 Å². The first-order valence-electron chi connectivity index (χ1n) is 5.09. The molecular formula is C10H19NO2. The number of hydrogen-bond donors (Lipinski definition) is 1. The lowest BCUT2D eigenvalue weighted by Crippen LogP contribution is -2.34. The van der Waals surface area contributed by atoms with Crippen LogP contribution >= 0.6 is 0 Å². The molecule has 1 aliphatic heterocycles. The Labute approximate surface area is 79.7 Å². The molecule has 0 aromatic carbocycles. The van der Waals surface area contributed by atoms with E-state index in [9.17, 15) is 4.79 Å². The van der Waals surface area contributed by atoms with E-state index in [1.54, 1.807) is 0 Å². The van der Waals surface area contributed by atoms with Crippen molar-refractivity contribution in [1.29, 1.82) is 0 Å². The summed E-state index contributed by atoms with van der Waals surface area (Å²) in [6, 6.07) is 0.252. The zero-order valence-corrected chi connectivity index (χ0v) is 8.49. The summed E-state index contributed by atoms with van der Waals surface area (Å²) in [5.41, 5.74) is 0. The van der Waals surface area contributed by atoms with Crippen molar-refractivity contribution in [1.82, 2.24) is 4.90 Å². The van der Waals surface area contributed by atoms with Crippen LogP contribution in [-0.2, 0) is 4.79 Å². The Morgan fingerprint density at radius 1 is 1.69 bits per heavy atom. The minimum absolute atomic E-state index is 0.252. The second-order valence-electron chi connectivity index (χ2n) is 4.05. The quantitative estimate of drug-likeness (QED) is 0.723. The Morgan fingerprint density at radius 2 is 2.38 bits per heavy atom. The van der Waals surface area contributed by atoms with Crippen molar-refractivity contribution in [3.05, 3.63) is 0 Å². The average molecular weight is 185 g/mol. The first-order valence-corrected chi connectivity index (χ1v) is 5.09. The van der Waals surface area contributed by atoms with Crippen LogP contribution in [0.5, 0.6) is 0 Å². The minimum Gasteiger partial charge on any atom is -0.481 e. The summed E-state index contributed by atoms with van der Waals surface area (Å²) < 4.78 is 0. The number of aliphatic carboxylic acids is 1. The number of nitrogens with zero attached hydrogens (tertiary/aromatic N) is 1. The lowest BCUT2D eigenvalue weighted by molar-refractivity contribution is -0.138. The lowest BCUT2D eigenvalue weighted by Gasteiger charge is -2.25. The highest BCUT2D eigenvalue weighted by Gasteiger charge is 2.25. The van der Waals surface area contributed by atoms with Gasteiger partial charge in [0.25, 0.3) is 0 Å². The number of likely N-dealkylation sites (tertiary alicyclic amines) is 1. The van der Waals surface area contributed by atoms with E-state index in [-0.39, 0.29) is 6.04 Å². The summed E-state index contributed by atoms with van der Waals surface area (Å²) in [7, 11) is 0. The molecule has 3 nitrogen and oxygen atoms in total. The highest BCUT2D eigenvalue weighted by atomic mass is 16.4. The zero-order chi connectivity index (χ0) is 9.84. The van der Waals surface area contributed by atoms with E-state index in [0.29, 0.717) is 6.42 Å². The van der Waals surface area contributed by atoms with E-state index >= 15 is 0 Å². The summed E-state index contributed by atoms with van der Waals surface area (Å²) in [6.07, 6.45) is 2.46. The van der Waals surface area contributed by atoms with Gasteiger partial charge in [-0.05, 0) is 25.3 Å². The Morgan fingerprint density at radius 3 is 2.77 bits per heavy atom. The van der Waals surface area contributed by atoms with Gasteiger partial charge in [-0.1, -0.05) is 13.8 Å². The first kappa shape index (κ1) is 10.5. The van der Waals surface area contributed by atoms with Crippen LogP contribution in [0, 0.1) is 5.92 Å². The predicted molar refractivity (Wildman–Crippen MR) is 51.7 cm³/mol. The van der Waals surface area contributed by atoms with E-state index in [0.717, 1.165) is 25.4 Å². The maximum Gasteiger partial charge on any atom is 0.304 e. The van der Waals surface area contributed by atoms with Gasteiger partial charge in [-0.2, -0.15) is 0 Å². The van der Waals surface area contributed by atoms with Gasteiger partial charge in [0.05, 0.1) is 6.42 Å². The molecule has 0 aliphatic carbocycles. The van der Waals surface area contributed by atoms with E-state index in [1.807, 2.05) is 0 Å². The molecule has 76 valence electrons. The molecule has 0 aromatic heterocycles. The highest BCUT2D eigenvalue weighted by Crippen LogP contribution is 2.20. The average Bonchev–Trinajstić information content (AvgIpc) is 2.47. The number of carboxylic acid groups (broad SMARTS) is 1. The zero-order valence-electron chi connectivity index (χ0n) is 8.49. The summed E-state index contributed by atoms with van der Waals surface area (Å²) in [5, 5.41) is 8.71. The monoisotopic (exact) mass is 185 g/mol. The maximum absolute atomic E-state index is 10.6. The van der Waals surface area contributed by atoms with E-state index in [4.69, 9.17) is 5.11 Å².